The van der Waals surface area contributed by atoms with Crippen molar-refractivity contribution in [3.63, 3.8) is 0 Å². The highest BCUT2D eigenvalue weighted by Gasteiger charge is 2.18. The first-order chi connectivity index (χ1) is 8.82. The van der Waals surface area contributed by atoms with E-state index in [4.69, 9.17) is 10.8 Å². The van der Waals surface area contributed by atoms with Crippen LogP contribution in [0.2, 0.25) is 0 Å². The molecule has 0 atom stereocenters. The van der Waals surface area contributed by atoms with Crippen LogP contribution in [0.25, 0.3) is 5.69 Å². The maximum absolute atomic E-state index is 14.0. The zero-order chi connectivity index (χ0) is 14.3. The summed E-state index contributed by atoms with van der Waals surface area (Å²) in [4.78, 5) is 11.0. The summed E-state index contributed by atoms with van der Waals surface area (Å²) in [6, 6.07) is 2.17. The lowest BCUT2D eigenvalue weighted by atomic mass is 10.1. The molecule has 0 spiro atoms. The summed E-state index contributed by atoms with van der Waals surface area (Å²) in [6.45, 7) is 3.52. The molecular weight excluding hydrogens is 317 g/mol. The molecule has 0 fully saturated rings. The highest BCUT2D eigenvalue weighted by molar-refractivity contribution is 9.10. The van der Waals surface area contributed by atoms with E-state index in [1.165, 1.54) is 10.7 Å². The third kappa shape index (κ3) is 2.21. The van der Waals surface area contributed by atoms with Gasteiger partial charge in [-0.3, -0.25) is 0 Å². The lowest BCUT2D eigenvalue weighted by Gasteiger charge is -2.09. The molecule has 0 amide bonds. The fraction of sp³-hybridized carbons (Fsp3) is 0.167. The van der Waals surface area contributed by atoms with Crippen molar-refractivity contribution in [2.24, 2.45) is 0 Å². The highest BCUT2D eigenvalue weighted by Crippen LogP contribution is 2.26. The minimum Gasteiger partial charge on any atom is -0.478 e. The summed E-state index contributed by atoms with van der Waals surface area (Å²) in [5.41, 5.74) is 6.63. The Morgan fingerprint density at radius 2 is 2.11 bits per heavy atom. The van der Waals surface area contributed by atoms with Crippen LogP contribution >= 0.6 is 15.9 Å². The zero-order valence-electron chi connectivity index (χ0n) is 10.2. The van der Waals surface area contributed by atoms with Crippen LogP contribution in [0.3, 0.4) is 0 Å². The average molecular weight is 328 g/mol. The smallest absolute Gasteiger partial charge is 0.337 e. The molecule has 1 heterocycles. The molecule has 2 aromatic rings. The summed E-state index contributed by atoms with van der Waals surface area (Å²) in [6.07, 6.45) is 0. The van der Waals surface area contributed by atoms with Crippen LogP contribution in [0, 0.1) is 19.7 Å². The largest absolute Gasteiger partial charge is 0.478 e. The Morgan fingerprint density at radius 1 is 1.47 bits per heavy atom. The maximum Gasteiger partial charge on any atom is 0.337 e. The lowest BCUT2D eigenvalue weighted by molar-refractivity contribution is 0.0698. The average Bonchev–Trinajstić information content (AvgIpc) is 2.57. The molecule has 0 unspecified atom stereocenters. The summed E-state index contributed by atoms with van der Waals surface area (Å²) >= 11 is 3.34. The minimum absolute atomic E-state index is 0.0536. The molecule has 3 N–H and O–H groups in total. The van der Waals surface area contributed by atoms with Crippen molar-refractivity contribution in [2.45, 2.75) is 13.8 Å². The second-order valence-electron chi connectivity index (χ2n) is 4.09. The third-order valence-electron chi connectivity index (χ3n) is 2.78. The lowest BCUT2D eigenvalue weighted by Crippen LogP contribution is -2.08. The number of carbonyl (C=O) groups is 1. The normalized spacial score (nSPS) is 10.7. The van der Waals surface area contributed by atoms with E-state index in [9.17, 15) is 9.18 Å². The molecule has 100 valence electrons. The minimum atomic E-state index is -1.21. The van der Waals surface area contributed by atoms with Crippen molar-refractivity contribution in [3.05, 3.63) is 39.4 Å². The quantitative estimate of drug-likeness (QED) is 0.831. The van der Waals surface area contributed by atoms with Gasteiger partial charge in [0.05, 0.1) is 21.4 Å². The molecule has 19 heavy (non-hydrogen) atoms. The number of nitrogen functional groups attached to an aromatic ring is 1. The Morgan fingerprint density at radius 3 is 2.58 bits per heavy atom. The molecule has 0 saturated heterocycles. The van der Waals surface area contributed by atoms with Gasteiger partial charge in [-0.05, 0) is 41.9 Å². The third-order valence-corrected chi connectivity index (χ3v) is 3.93. The van der Waals surface area contributed by atoms with Gasteiger partial charge < -0.3 is 10.8 Å². The fourth-order valence-electron chi connectivity index (χ4n) is 1.78. The van der Waals surface area contributed by atoms with Crippen LogP contribution in [0.15, 0.2) is 16.6 Å². The molecule has 0 aliphatic carbocycles. The number of benzene rings is 1. The van der Waals surface area contributed by atoms with Crippen molar-refractivity contribution in [1.82, 2.24) is 9.78 Å². The molecule has 0 aliphatic rings. The number of hydrogen-bond acceptors (Lipinski definition) is 3. The van der Waals surface area contributed by atoms with Gasteiger partial charge in [-0.1, -0.05) is 0 Å². The molecule has 0 aliphatic heterocycles. The number of anilines is 1. The Labute approximate surface area is 117 Å². The molecule has 1 aromatic carbocycles. The van der Waals surface area contributed by atoms with Gasteiger partial charge in [-0.25, -0.2) is 13.9 Å². The number of hydrogen-bond donors (Lipinski definition) is 2. The van der Waals surface area contributed by atoms with E-state index in [2.05, 4.69) is 21.0 Å². The van der Waals surface area contributed by atoms with Gasteiger partial charge in [0, 0.05) is 5.69 Å². The predicted octanol–water partition coefficient (Wildman–Crippen LogP) is 2.67. The Kier molecular flexibility index (Phi) is 3.32. The Hall–Kier alpha value is -1.89. The van der Waals surface area contributed by atoms with Crippen molar-refractivity contribution in [1.29, 1.82) is 0 Å². The van der Waals surface area contributed by atoms with Crippen LogP contribution in [0.1, 0.15) is 21.7 Å². The van der Waals surface area contributed by atoms with E-state index in [-0.39, 0.29) is 16.9 Å². The number of nitrogens with two attached hydrogens (primary N) is 1. The van der Waals surface area contributed by atoms with E-state index in [1.54, 1.807) is 13.8 Å². The van der Waals surface area contributed by atoms with Gasteiger partial charge in [0.15, 0.2) is 5.82 Å². The number of nitrogens with zero attached hydrogens (tertiary/aromatic N) is 2. The predicted molar refractivity (Wildman–Crippen MR) is 72.1 cm³/mol. The first-order valence-corrected chi connectivity index (χ1v) is 6.16. The number of aryl methyl sites for hydroxylation is 1. The van der Waals surface area contributed by atoms with E-state index in [0.29, 0.717) is 11.4 Å². The summed E-state index contributed by atoms with van der Waals surface area (Å²) in [7, 11) is 0. The van der Waals surface area contributed by atoms with Crippen LogP contribution < -0.4 is 5.73 Å². The first-order valence-electron chi connectivity index (χ1n) is 5.37. The van der Waals surface area contributed by atoms with Crippen LogP contribution in [0.4, 0.5) is 10.1 Å². The van der Waals surface area contributed by atoms with Crippen molar-refractivity contribution in [3.8, 4) is 5.69 Å². The van der Waals surface area contributed by atoms with Crippen LogP contribution in [0.5, 0.6) is 0 Å². The molecule has 0 bridgehead atoms. The summed E-state index contributed by atoms with van der Waals surface area (Å²) in [5.74, 6) is -1.83. The van der Waals surface area contributed by atoms with Crippen LogP contribution in [-0.2, 0) is 0 Å². The fourth-order valence-corrected chi connectivity index (χ4v) is 2.03. The second-order valence-corrected chi connectivity index (χ2v) is 4.89. The van der Waals surface area contributed by atoms with E-state index in [1.807, 2.05) is 0 Å². The van der Waals surface area contributed by atoms with Gasteiger partial charge in [-0.2, -0.15) is 5.10 Å². The Bertz CT molecular complexity index is 682. The van der Waals surface area contributed by atoms with Crippen molar-refractivity contribution >= 4 is 27.6 Å². The summed E-state index contributed by atoms with van der Waals surface area (Å²) < 4.78 is 16.0. The molecule has 2 rings (SSSR count). The van der Waals surface area contributed by atoms with Crippen molar-refractivity contribution < 1.29 is 14.3 Å². The summed E-state index contributed by atoms with van der Waals surface area (Å²) in [5, 5.41) is 13.2. The number of aromatic carboxylic acids is 1. The van der Waals surface area contributed by atoms with E-state index in [0.717, 1.165) is 10.5 Å². The van der Waals surface area contributed by atoms with Gasteiger partial charge >= 0.3 is 5.97 Å². The monoisotopic (exact) mass is 327 g/mol. The zero-order valence-corrected chi connectivity index (χ0v) is 11.8. The Balaban J connectivity index is 2.71. The molecule has 1 aromatic heterocycles. The first kappa shape index (κ1) is 13.5. The molecular formula is C12H11BrFN3O2. The molecule has 0 radical (unpaired) electrons. The van der Waals surface area contributed by atoms with Gasteiger partial charge in [0.25, 0.3) is 0 Å². The molecule has 7 heteroatoms. The number of halogens is 2. The highest BCUT2D eigenvalue weighted by atomic mass is 79.9. The van der Waals surface area contributed by atoms with E-state index < -0.39 is 11.8 Å². The SMILES string of the molecule is Cc1nn(-c2cc(C(=O)O)c(N)cc2F)c(C)c1Br. The van der Waals surface area contributed by atoms with Gasteiger partial charge in [0.2, 0.25) is 0 Å². The number of aromatic nitrogens is 2. The number of carboxylic acid groups (broad SMARTS) is 1. The second kappa shape index (κ2) is 4.65. The van der Waals surface area contributed by atoms with Gasteiger partial charge in [-0.15, -0.1) is 0 Å². The topological polar surface area (TPSA) is 81.1 Å². The molecule has 0 saturated carbocycles. The number of rotatable bonds is 2. The van der Waals surface area contributed by atoms with Crippen LogP contribution in [-0.4, -0.2) is 20.9 Å². The molecule has 5 nitrogen and oxygen atoms in total. The number of carboxylic acids is 1. The van der Waals surface area contributed by atoms with Gasteiger partial charge in [0.1, 0.15) is 5.69 Å². The standard InChI is InChI=1S/C12H11BrFN3O2/c1-5-11(13)6(2)17(16-5)10-3-7(12(18)19)9(15)4-8(10)14/h3-4H,15H2,1-2H3,(H,18,19). The van der Waals surface area contributed by atoms with Crippen molar-refractivity contribution in [2.75, 3.05) is 5.73 Å². The van der Waals surface area contributed by atoms with E-state index >= 15 is 0 Å². The maximum atomic E-state index is 14.0.